The third kappa shape index (κ3) is 6.74. The number of hydrogen-bond donors (Lipinski definition) is 2. The van der Waals surface area contributed by atoms with Gasteiger partial charge in [-0.3, -0.25) is 35.3 Å². The number of rotatable bonds is 7. The van der Waals surface area contributed by atoms with Crippen LogP contribution in [0.3, 0.4) is 0 Å². The molecule has 0 unspecified atom stereocenters. The van der Waals surface area contributed by atoms with Crippen molar-refractivity contribution in [2.45, 2.75) is 6.42 Å². The molecule has 1 heterocycles. The molecule has 0 saturated carbocycles. The summed E-state index contributed by atoms with van der Waals surface area (Å²) >= 11 is 0. The predicted octanol–water partition coefficient (Wildman–Crippen LogP) is 3.85. The molecule has 0 spiro atoms. The fourth-order valence-electron chi connectivity index (χ4n) is 2.44. The molecule has 3 rings (SSSR count). The van der Waals surface area contributed by atoms with E-state index in [2.05, 4.69) is 34.6 Å². The van der Waals surface area contributed by atoms with Crippen LogP contribution in [0.1, 0.15) is 5.56 Å². The minimum atomic E-state index is -1.21. The van der Waals surface area contributed by atoms with Gasteiger partial charge >= 0.3 is 11.4 Å². The molecule has 0 amide bonds. The Morgan fingerprint density at radius 1 is 0.839 bits per heavy atom. The summed E-state index contributed by atoms with van der Waals surface area (Å²) in [7, 11) is 0. The molecule has 12 nitrogen and oxygen atoms in total. The van der Waals surface area contributed by atoms with Crippen molar-refractivity contribution < 1.29 is 19.9 Å². The Morgan fingerprint density at radius 2 is 1.39 bits per heavy atom. The third-order valence-electron chi connectivity index (χ3n) is 3.92. The molecule has 0 bridgehead atoms. The molecule has 0 radical (unpaired) electrons. The minimum Gasteiger partial charge on any atom is -0.497 e. The van der Waals surface area contributed by atoms with Gasteiger partial charge in [-0.15, -0.1) is 0 Å². The van der Waals surface area contributed by atoms with Crippen LogP contribution in [0.15, 0.2) is 67.0 Å². The van der Waals surface area contributed by atoms with Crippen LogP contribution in [-0.2, 0) is 6.42 Å². The quantitative estimate of drug-likeness (QED) is 0.419. The van der Waals surface area contributed by atoms with E-state index in [-0.39, 0.29) is 0 Å². The van der Waals surface area contributed by atoms with E-state index in [4.69, 9.17) is 5.11 Å². The Hall–Kier alpha value is -4.61. The summed E-state index contributed by atoms with van der Waals surface area (Å²) in [6, 6.07) is 15.3. The van der Waals surface area contributed by atoms with Crippen molar-refractivity contribution in [1.82, 2.24) is 4.98 Å². The number of nitrogens with one attached hydrogen (secondary N) is 1. The number of anilines is 1. The number of benzene rings is 2. The lowest BCUT2D eigenvalue weighted by atomic mass is 10.1. The summed E-state index contributed by atoms with van der Waals surface area (Å²) in [6.45, 7) is 0.952. The van der Waals surface area contributed by atoms with Crippen LogP contribution in [0, 0.1) is 30.3 Å². The molecule has 1 aromatic heterocycles. The highest BCUT2D eigenvalue weighted by Crippen LogP contribution is 2.38. The number of nitro benzene ring substituents is 3. The monoisotopic (exact) mass is 427 g/mol. The first kappa shape index (κ1) is 22.7. The van der Waals surface area contributed by atoms with E-state index in [1.54, 1.807) is 12.4 Å². The van der Waals surface area contributed by atoms with Gasteiger partial charge in [0.05, 0.1) is 26.9 Å². The van der Waals surface area contributed by atoms with E-state index in [1.165, 1.54) is 5.56 Å². The standard InChI is InChI=1S/C13H14N2.C6H3N3O7/c1-2-4-12(5-3-1)6-11-15-13-7-9-14-10-8-13;10-6-4(8(13)14)1-3(7(11)12)2-5(6)9(15)16/h1-5,7-10H,6,11H2,(H,14,15);1-2,10H. The summed E-state index contributed by atoms with van der Waals surface area (Å²) in [5.41, 5.74) is -0.516. The van der Waals surface area contributed by atoms with Crippen molar-refractivity contribution >= 4 is 22.7 Å². The predicted molar refractivity (Wildman–Crippen MR) is 111 cm³/mol. The zero-order chi connectivity index (χ0) is 22.8. The minimum absolute atomic E-state index is 0.447. The Morgan fingerprint density at radius 3 is 1.87 bits per heavy atom. The maximum Gasteiger partial charge on any atom is 0.324 e. The first-order chi connectivity index (χ1) is 14.8. The van der Waals surface area contributed by atoms with Gasteiger partial charge in [-0.1, -0.05) is 30.3 Å². The summed E-state index contributed by atoms with van der Waals surface area (Å²) < 4.78 is 0. The van der Waals surface area contributed by atoms with E-state index in [0.29, 0.717) is 12.1 Å². The van der Waals surface area contributed by atoms with Gasteiger partial charge in [0.25, 0.3) is 11.4 Å². The number of aromatic hydroxyl groups is 1. The SMILES string of the molecule is O=[N+]([O-])c1cc([N+](=O)[O-])c(O)c([N+](=O)[O-])c1.c1ccc(CCNc2ccncc2)cc1. The third-order valence-corrected chi connectivity index (χ3v) is 3.92. The van der Waals surface area contributed by atoms with Crippen molar-refractivity contribution in [3.05, 3.63) is 103 Å². The summed E-state index contributed by atoms with van der Waals surface area (Å²) in [6.07, 6.45) is 4.64. The summed E-state index contributed by atoms with van der Waals surface area (Å²) in [5.74, 6) is -1.21. The lowest BCUT2D eigenvalue weighted by Crippen LogP contribution is -2.04. The van der Waals surface area contributed by atoms with Crippen LogP contribution in [0.5, 0.6) is 5.75 Å². The highest BCUT2D eigenvalue weighted by molar-refractivity contribution is 5.64. The number of nitro groups is 3. The van der Waals surface area contributed by atoms with Crippen LogP contribution >= 0.6 is 0 Å². The molecule has 2 aromatic carbocycles. The Labute approximate surface area is 175 Å². The van der Waals surface area contributed by atoms with Crippen LogP contribution in [0.2, 0.25) is 0 Å². The highest BCUT2D eigenvalue weighted by atomic mass is 16.6. The lowest BCUT2D eigenvalue weighted by molar-refractivity contribution is -0.404. The van der Waals surface area contributed by atoms with E-state index in [9.17, 15) is 30.3 Å². The van der Waals surface area contributed by atoms with Gasteiger partial charge in [-0.2, -0.15) is 0 Å². The maximum absolute atomic E-state index is 10.4. The molecule has 0 aliphatic rings. The summed E-state index contributed by atoms with van der Waals surface area (Å²) in [5, 5.41) is 43.6. The smallest absolute Gasteiger partial charge is 0.324 e. The topological polar surface area (TPSA) is 175 Å². The largest absolute Gasteiger partial charge is 0.497 e. The first-order valence-corrected chi connectivity index (χ1v) is 8.77. The van der Waals surface area contributed by atoms with E-state index in [1.807, 2.05) is 18.2 Å². The van der Waals surface area contributed by atoms with Crippen LogP contribution < -0.4 is 5.32 Å². The average Bonchev–Trinajstić information content (AvgIpc) is 2.75. The number of aromatic nitrogens is 1. The van der Waals surface area contributed by atoms with Crippen molar-refractivity contribution in [3.8, 4) is 5.75 Å². The second-order valence-corrected chi connectivity index (χ2v) is 6.00. The van der Waals surface area contributed by atoms with Gasteiger partial charge in [0, 0.05) is 24.6 Å². The molecule has 0 atom stereocenters. The zero-order valence-electron chi connectivity index (χ0n) is 16.0. The number of phenolic OH excluding ortho intramolecular Hbond substituents is 1. The van der Waals surface area contributed by atoms with Crippen molar-refractivity contribution in [2.75, 3.05) is 11.9 Å². The molecular formula is C19H17N5O7. The number of phenols is 1. The maximum atomic E-state index is 10.4. The van der Waals surface area contributed by atoms with Crippen molar-refractivity contribution in [2.24, 2.45) is 0 Å². The molecule has 12 heteroatoms. The second-order valence-electron chi connectivity index (χ2n) is 6.00. The van der Waals surface area contributed by atoms with E-state index in [0.717, 1.165) is 18.7 Å². The van der Waals surface area contributed by atoms with Gasteiger partial charge in [0.2, 0.25) is 0 Å². The highest BCUT2D eigenvalue weighted by Gasteiger charge is 2.30. The molecule has 3 aromatic rings. The van der Waals surface area contributed by atoms with Crippen LogP contribution in [-0.4, -0.2) is 31.4 Å². The Bertz CT molecular complexity index is 987. The van der Waals surface area contributed by atoms with Gasteiger partial charge in [0.15, 0.2) is 0 Å². The molecule has 0 aliphatic heterocycles. The molecule has 31 heavy (non-hydrogen) atoms. The van der Waals surface area contributed by atoms with Crippen LogP contribution in [0.25, 0.3) is 0 Å². The van der Waals surface area contributed by atoms with Gasteiger partial charge in [-0.25, -0.2) is 0 Å². The summed E-state index contributed by atoms with van der Waals surface area (Å²) in [4.78, 5) is 31.7. The van der Waals surface area contributed by atoms with E-state index >= 15 is 0 Å². The molecule has 0 fully saturated rings. The zero-order valence-corrected chi connectivity index (χ0v) is 16.0. The number of pyridine rings is 1. The Balaban J connectivity index is 0.000000220. The number of non-ortho nitro benzene ring substituents is 1. The van der Waals surface area contributed by atoms with E-state index < -0.39 is 37.6 Å². The molecule has 2 N–H and O–H groups in total. The normalized spacial score (nSPS) is 9.81. The Kier molecular flexibility index (Phi) is 7.90. The fraction of sp³-hybridized carbons (Fsp3) is 0.105. The molecule has 0 aliphatic carbocycles. The first-order valence-electron chi connectivity index (χ1n) is 8.77. The molecule has 160 valence electrons. The van der Waals surface area contributed by atoms with Crippen molar-refractivity contribution in [1.29, 1.82) is 0 Å². The van der Waals surface area contributed by atoms with Gasteiger partial charge in [-0.05, 0) is 24.1 Å². The van der Waals surface area contributed by atoms with Crippen molar-refractivity contribution in [3.63, 3.8) is 0 Å². The molecule has 0 saturated heterocycles. The number of nitrogens with zero attached hydrogens (tertiary/aromatic N) is 4. The fourth-order valence-corrected chi connectivity index (χ4v) is 2.44. The lowest BCUT2D eigenvalue weighted by Gasteiger charge is -2.05. The molecular weight excluding hydrogens is 410 g/mol. The number of hydrogen-bond acceptors (Lipinski definition) is 9. The second kappa shape index (κ2) is 10.8. The van der Waals surface area contributed by atoms with Crippen LogP contribution in [0.4, 0.5) is 22.7 Å². The average molecular weight is 427 g/mol. The van der Waals surface area contributed by atoms with Gasteiger partial charge in [0.1, 0.15) is 0 Å². The van der Waals surface area contributed by atoms with Gasteiger partial charge < -0.3 is 10.4 Å².